The van der Waals surface area contributed by atoms with Crippen molar-refractivity contribution in [2.24, 2.45) is 0 Å². The van der Waals surface area contributed by atoms with E-state index in [0.29, 0.717) is 24.3 Å². The molecule has 0 saturated heterocycles. The van der Waals surface area contributed by atoms with Crippen LogP contribution in [-0.4, -0.2) is 25.3 Å². The van der Waals surface area contributed by atoms with Gasteiger partial charge in [-0.25, -0.2) is 0 Å². The maximum absolute atomic E-state index is 12.0. The fourth-order valence-electron chi connectivity index (χ4n) is 3.24. The summed E-state index contributed by atoms with van der Waals surface area (Å²) < 4.78 is 10.8. The quantitative estimate of drug-likeness (QED) is 0.918. The lowest BCUT2D eigenvalue weighted by atomic mass is 9.68. The van der Waals surface area contributed by atoms with Crippen molar-refractivity contribution in [2.45, 2.75) is 44.4 Å². The summed E-state index contributed by atoms with van der Waals surface area (Å²) in [5.41, 5.74) is 0.820. The molecule has 1 fully saturated rings. The van der Waals surface area contributed by atoms with Crippen LogP contribution in [0, 0.1) is 6.92 Å². The van der Waals surface area contributed by atoms with Gasteiger partial charge < -0.3 is 14.6 Å². The molecular weight excluding hydrogens is 256 g/mol. The number of benzene rings is 1. The highest BCUT2D eigenvalue weighted by molar-refractivity contribution is 5.83. The second-order valence-corrected chi connectivity index (χ2v) is 5.47. The van der Waals surface area contributed by atoms with Gasteiger partial charge in [-0.2, -0.15) is 0 Å². The Kier molecular flexibility index (Phi) is 4.21. The van der Waals surface area contributed by atoms with E-state index in [0.717, 1.165) is 30.4 Å². The molecule has 0 radical (unpaired) electrons. The molecule has 1 N–H and O–H groups in total. The predicted molar refractivity (Wildman–Crippen MR) is 76.7 cm³/mol. The Morgan fingerprint density at radius 2 is 1.80 bits per heavy atom. The zero-order chi connectivity index (χ0) is 14.8. The van der Waals surface area contributed by atoms with Gasteiger partial charge >= 0.3 is 5.97 Å². The van der Waals surface area contributed by atoms with Crippen LogP contribution in [0.1, 0.15) is 43.2 Å². The molecule has 1 aliphatic rings. The molecule has 0 amide bonds. The minimum Gasteiger partial charge on any atom is -0.497 e. The third-order valence-electron chi connectivity index (χ3n) is 4.32. The monoisotopic (exact) mass is 278 g/mol. The number of rotatable bonds is 4. The van der Waals surface area contributed by atoms with E-state index in [2.05, 4.69) is 0 Å². The topological polar surface area (TPSA) is 55.8 Å². The van der Waals surface area contributed by atoms with Crippen molar-refractivity contribution in [3.63, 3.8) is 0 Å². The molecule has 4 heteroatoms. The summed E-state index contributed by atoms with van der Waals surface area (Å²) in [5.74, 6) is 0.600. The number of carbonyl (C=O) groups is 1. The van der Waals surface area contributed by atoms with Crippen LogP contribution in [0.3, 0.4) is 0 Å². The van der Waals surface area contributed by atoms with Crippen LogP contribution in [0.2, 0.25) is 0 Å². The van der Waals surface area contributed by atoms with Gasteiger partial charge in [-0.3, -0.25) is 4.79 Å². The highest BCUT2D eigenvalue weighted by Crippen LogP contribution is 2.46. The highest BCUT2D eigenvalue weighted by atomic mass is 16.5. The Morgan fingerprint density at radius 3 is 2.30 bits per heavy atom. The van der Waals surface area contributed by atoms with Crippen molar-refractivity contribution in [1.82, 2.24) is 0 Å². The molecule has 4 nitrogen and oxygen atoms in total. The molecule has 0 aliphatic heterocycles. The molecule has 20 heavy (non-hydrogen) atoms. The number of aryl methyl sites for hydroxylation is 1. The predicted octanol–water partition coefficient (Wildman–Crippen LogP) is 3.30. The zero-order valence-corrected chi connectivity index (χ0v) is 12.4. The average molecular weight is 278 g/mol. The molecule has 2 rings (SSSR count). The Balaban J connectivity index is 2.63. The van der Waals surface area contributed by atoms with E-state index in [4.69, 9.17) is 9.47 Å². The highest BCUT2D eigenvalue weighted by Gasteiger charge is 2.43. The third-order valence-corrected chi connectivity index (χ3v) is 4.32. The maximum atomic E-state index is 12.0. The normalized spacial score (nSPS) is 17.6. The molecule has 0 atom stereocenters. The molecule has 0 unspecified atom stereocenters. The van der Waals surface area contributed by atoms with E-state index in [1.54, 1.807) is 14.2 Å². The summed E-state index contributed by atoms with van der Waals surface area (Å²) >= 11 is 0. The van der Waals surface area contributed by atoms with E-state index < -0.39 is 11.4 Å². The van der Waals surface area contributed by atoms with Gasteiger partial charge in [0.25, 0.3) is 0 Å². The largest absolute Gasteiger partial charge is 0.497 e. The smallest absolute Gasteiger partial charge is 0.314 e. The van der Waals surface area contributed by atoms with Crippen LogP contribution in [0.15, 0.2) is 12.1 Å². The summed E-state index contributed by atoms with van der Waals surface area (Å²) in [4.78, 5) is 12.0. The first-order valence-electron chi connectivity index (χ1n) is 7.01. The molecule has 1 aliphatic carbocycles. The third kappa shape index (κ3) is 2.35. The second kappa shape index (κ2) is 5.73. The SMILES string of the molecule is COc1cc(C)c(OC)c(C2(C(=O)O)CCCCC2)c1. The molecule has 0 bridgehead atoms. The lowest BCUT2D eigenvalue weighted by Crippen LogP contribution is -2.38. The Bertz CT molecular complexity index is 501. The number of carboxylic acid groups (broad SMARTS) is 1. The van der Waals surface area contributed by atoms with Gasteiger partial charge in [0.2, 0.25) is 0 Å². The lowest BCUT2D eigenvalue weighted by molar-refractivity contribution is -0.145. The minimum atomic E-state index is -0.844. The summed E-state index contributed by atoms with van der Waals surface area (Å²) in [6.45, 7) is 1.92. The van der Waals surface area contributed by atoms with Crippen LogP contribution in [0.4, 0.5) is 0 Å². The fraction of sp³-hybridized carbons (Fsp3) is 0.562. The van der Waals surface area contributed by atoms with Crippen LogP contribution in [-0.2, 0) is 10.2 Å². The van der Waals surface area contributed by atoms with Gasteiger partial charge in [0, 0.05) is 5.56 Å². The second-order valence-electron chi connectivity index (χ2n) is 5.47. The number of methoxy groups -OCH3 is 2. The Morgan fingerprint density at radius 1 is 1.15 bits per heavy atom. The van der Waals surface area contributed by atoms with Gasteiger partial charge in [-0.1, -0.05) is 19.3 Å². The molecule has 1 aromatic carbocycles. The standard InChI is InChI=1S/C16H22O4/c1-11-9-12(19-2)10-13(14(11)20-3)16(15(17)18)7-5-4-6-8-16/h9-10H,4-8H2,1-3H3,(H,17,18). The van der Waals surface area contributed by atoms with Gasteiger partial charge in [0.15, 0.2) is 0 Å². The molecule has 0 aromatic heterocycles. The molecule has 1 saturated carbocycles. The number of hydrogen-bond acceptors (Lipinski definition) is 3. The van der Waals surface area contributed by atoms with Gasteiger partial charge in [0.05, 0.1) is 19.6 Å². The summed E-state index contributed by atoms with van der Waals surface area (Å²) in [6, 6.07) is 3.70. The van der Waals surface area contributed by atoms with Crippen LogP contribution in [0.5, 0.6) is 11.5 Å². The maximum Gasteiger partial charge on any atom is 0.314 e. The first kappa shape index (κ1) is 14.7. The van der Waals surface area contributed by atoms with Gasteiger partial charge in [0.1, 0.15) is 11.5 Å². The molecule has 1 aromatic rings. The molecular formula is C16H22O4. The van der Waals surface area contributed by atoms with E-state index in [-0.39, 0.29) is 0 Å². The van der Waals surface area contributed by atoms with Crippen LogP contribution < -0.4 is 9.47 Å². The van der Waals surface area contributed by atoms with Crippen molar-refractivity contribution in [1.29, 1.82) is 0 Å². The molecule has 0 spiro atoms. The Hall–Kier alpha value is -1.71. The van der Waals surface area contributed by atoms with Crippen molar-refractivity contribution < 1.29 is 19.4 Å². The van der Waals surface area contributed by atoms with E-state index in [1.807, 2.05) is 19.1 Å². The number of ether oxygens (including phenoxy) is 2. The fourth-order valence-corrected chi connectivity index (χ4v) is 3.24. The first-order valence-corrected chi connectivity index (χ1v) is 7.01. The number of aliphatic carboxylic acids is 1. The lowest BCUT2D eigenvalue weighted by Gasteiger charge is -2.35. The van der Waals surface area contributed by atoms with E-state index >= 15 is 0 Å². The van der Waals surface area contributed by atoms with Crippen LogP contribution in [0.25, 0.3) is 0 Å². The van der Waals surface area contributed by atoms with Crippen molar-refractivity contribution in [3.05, 3.63) is 23.3 Å². The summed E-state index contributed by atoms with van der Waals surface area (Å²) in [5, 5.41) is 9.82. The Labute approximate surface area is 119 Å². The molecule has 110 valence electrons. The van der Waals surface area contributed by atoms with E-state index in [1.165, 1.54) is 0 Å². The van der Waals surface area contributed by atoms with Crippen molar-refractivity contribution in [3.8, 4) is 11.5 Å². The average Bonchev–Trinajstić information content (AvgIpc) is 2.46. The molecule has 0 heterocycles. The van der Waals surface area contributed by atoms with Crippen molar-refractivity contribution in [2.75, 3.05) is 14.2 Å². The van der Waals surface area contributed by atoms with E-state index in [9.17, 15) is 9.90 Å². The number of carboxylic acids is 1. The van der Waals surface area contributed by atoms with Crippen molar-refractivity contribution >= 4 is 5.97 Å². The summed E-state index contributed by atoms with van der Waals surface area (Å²) in [7, 11) is 3.19. The van der Waals surface area contributed by atoms with Crippen LogP contribution >= 0.6 is 0 Å². The first-order chi connectivity index (χ1) is 9.55. The zero-order valence-electron chi connectivity index (χ0n) is 12.4. The summed E-state index contributed by atoms with van der Waals surface area (Å²) in [6.07, 6.45) is 4.29. The minimum absolute atomic E-state index is 0.658. The number of hydrogen-bond donors (Lipinski definition) is 1. The van der Waals surface area contributed by atoms with Gasteiger partial charge in [-0.05, 0) is 37.5 Å². The van der Waals surface area contributed by atoms with Gasteiger partial charge in [-0.15, -0.1) is 0 Å².